The van der Waals surface area contributed by atoms with Crippen LogP contribution in [0.3, 0.4) is 0 Å². The van der Waals surface area contributed by atoms with E-state index in [0.717, 1.165) is 41.3 Å². The number of piperazine rings is 1. The van der Waals surface area contributed by atoms with Crippen molar-refractivity contribution in [1.29, 1.82) is 0 Å². The molecule has 1 heterocycles. The second-order valence-corrected chi connectivity index (χ2v) is 9.93. The molecule has 0 radical (unpaired) electrons. The lowest BCUT2D eigenvalue weighted by atomic mass is 9.95. The van der Waals surface area contributed by atoms with Crippen molar-refractivity contribution in [1.82, 2.24) is 10.2 Å². The van der Waals surface area contributed by atoms with Gasteiger partial charge in [0, 0.05) is 13.1 Å². The molecule has 0 saturated carbocycles. The third-order valence-electron chi connectivity index (χ3n) is 7.18. The Morgan fingerprint density at radius 1 is 1.00 bits per heavy atom. The molecule has 3 rings (SSSR count). The molecule has 37 heavy (non-hydrogen) atoms. The number of carbonyl (C=O) groups excluding carboxylic acids is 3. The van der Waals surface area contributed by atoms with Crippen LogP contribution in [-0.4, -0.2) is 55.5 Å². The largest absolute Gasteiger partial charge is 0.497 e. The Hall–Kier alpha value is -3.09. The summed E-state index contributed by atoms with van der Waals surface area (Å²) in [6.45, 7) is 5.16. The van der Waals surface area contributed by atoms with E-state index in [4.69, 9.17) is 9.47 Å². The third-order valence-corrected chi connectivity index (χ3v) is 7.18. The number of nitrogens with zero attached hydrogens (tertiary/aromatic N) is 1. The van der Waals surface area contributed by atoms with Crippen molar-refractivity contribution in [2.24, 2.45) is 0 Å². The monoisotopic (exact) mass is 510 g/mol. The number of methoxy groups -OCH3 is 1. The van der Waals surface area contributed by atoms with Gasteiger partial charge >= 0.3 is 5.97 Å². The Morgan fingerprint density at radius 3 is 2.41 bits per heavy atom. The van der Waals surface area contributed by atoms with E-state index in [0.29, 0.717) is 19.7 Å². The number of hydrogen-bond acceptors (Lipinski definition) is 5. The van der Waals surface area contributed by atoms with E-state index in [2.05, 4.69) is 12.2 Å². The number of carbonyl (C=O) groups is 3. The zero-order chi connectivity index (χ0) is 26.6. The summed E-state index contributed by atoms with van der Waals surface area (Å²) >= 11 is 0. The topological polar surface area (TPSA) is 84.9 Å². The molecule has 2 aromatic rings. The molecule has 0 bridgehead atoms. The van der Waals surface area contributed by atoms with Crippen LogP contribution in [0.4, 0.5) is 0 Å². The van der Waals surface area contributed by atoms with Gasteiger partial charge in [-0.2, -0.15) is 0 Å². The first-order chi connectivity index (χ1) is 17.9. The van der Waals surface area contributed by atoms with Crippen LogP contribution >= 0.6 is 0 Å². The van der Waals surface area contributed by atoms with Crippen molar-refractivity contribution < 1.29 is 23.9 Å². The fourth-order valence-corrected chi connectivity index (χ4v) is 4.85. The lowest BCUT2D eigenvalue weighted by Gasteiger charge is -2.36. The maximum Gasteiger partial charge on any atom is 0.308 e. The van der Waals surface area contributed by atoms with Gasteiger partial charge in [0.1, 0.15) is 11.8 Å². The fraction of sp³-hybridized carbons (Fsp3) is 0.567. The van der Waals surface area contributed by atoms with E-state index < -0.39 is 17.9 Å². The van der Waals surface area contributed by atoms with Crippen molar-refractivity contribution in [3.63, 3.8) is 0 Å². The van der Waals surface area contributed by atoms with E-state index in [1.54, 1.807) is 12.0 Å². The minimum Gasteiger partial charge on any atom is -0.497 e. The van der Waals surface area contributed by atoms with Crippen LogP contribution < -0.4 is 10.1 Å². The van der Waals surface area contributed by atoms with Crippen molar-refractivity contribution in [2.75, 3.05) is 26.8 Å². The van der Waals surface area contributed by atoms with Crippen LogP contribution in [0.25, 0.3) is 10.8 Å². The highest BCUT2D eigenvalue weighted by Crippen LogP contribution is 2.27. The zero-order valence-corrected chi connectivity index (χ0v) is 22.6. The molecule has 1 saturated heterocycles. The number of ether oxygens (including phenoxy) is 2. The lowest BCUT2D eigenvalue weighted by Crippen LogP contribution is -2.58. The van der Waals surface area contributed by atoms with E-state index in [-0.39, 0.29) is 18.2 Å². The summed E-state index contributed by atoms with van der Waals surface area (Å²) in [5.74, 6) is -0.575. The van der Waals surface area contributed by atoms with Crippen LogP contribution in [0.1, 0.15) is 83.1 Å². The molecule has 2 amide bonds. The van der Waals surface area contributed by atoms with Gasteiger partial charge < -0.3 is 19.7 Å². The first-order valence-corrected chi connectivity index (χ1v) is 13.8. The van der Waals surface area contributed by atoms with E-state index in [9.17, 15) is 14.4 Å². The molecule has 0 aromatic heterocycles. The first-order valence-electron chi connectivity index (χ1n) is 13.8. The Bertz CT molecular complexity index is 1050. The van der Waals surface area contributed by atoms with Crippen molar-refractivity contribution >= 4 is 28.6 Å². The second-order valence-electron chi connectivity index (χ2n) is 9.93. The number of unbranched alkanes of at least 4 members (excludes halogenated alkanes) is 7. The maximum absolute atomic E-state index is 13.5. The van der Waals surface area contributed by atoms with E-state index in [1.165, 1.54) is 32.1 Å². The van der Waals surface area contributed by atoms with Crippen LogP contribution in [0.2, 0.25) is 0 Å². The molecule has 7 heteroatoms. The third kappa shape index (κ3) is 8.20. The predicted octanol–water partition coefficient (Wildman–Crippen LogP) is 5.35. The Morgan fingerprint density at radius 2 is 1.68 bits per heavy atom. The van der Waals surface area contributed by atoms with Crippen LogP contribution in [0.5, 0.6) is 5.75 Å². The van der Waals surface area contributed by atoms with Gasteiger partial charge in [0.15, 0.2) is 0 Å². The molecular formula is C30H42N2O5. The van der Waals surface area contributed by atoms with Gasteiger partial charge in [0.25, 0.3) is 0 Å². The predicted molar refractivity (Wildman–Crippen MR) is 146 cm³/mol. The average Bonchev–Trinajstić information content (AvgIpc) is 2.91. The van der Waals surface area contributed by atoms with Crippen molar-refractivity contribution in [2.45, 2.75) is 83.6 Å². The molecule has 2 aromatic carbocycles. The first kappa shape index (κ1) is 28.5. The molecule has 1 unspecified atom stereocenters. The standard InChI is InChI=1S/C30H42N2O5/c1-4-5-6-7-8-9-10-11-18-37-28(33)21-27-29(34)31-16-17-32(27)30(35)22(2)23-12-13-25-20-26(36-3)15-14-24(25)19-23/h12-15,19-20,22,27H,4-11,16-18,21H2,1-3H3,(H,31,34)/t22-,27?/m0/s1. The highest BCUT2D eigenvalue weighted by atomic mass is 16.5. The molecule has 1 aliphatic heterocycles. The minimum atomic E-state index is -0.848. The van der Waals surface area contributed by atoms with E-state index in [1.807, 2.05) is 43.3 Å². The highest BCUT2D eigenvalue weighted by Gasteiger charge is 2.37. The summed E-state index contributed by atoms with van der Waals surface area (Å²) in [4.78, 5) is 40.2. The van der Waals surface area contributed by atoms with Crippen molar-refractivity contribution in [3.05, 3.63) is 42.0 Å². The Balaban J connectivity index is 1.53. The van der Waals surface area contributed by atoms with Gasteiger partial charge in [-0.1, -0.05) is 76.1 Å². The highest BCUT2D eigenvalue weighted by molar-refractivity contribution is 5.94. The molecule has 0 spiro atoms. The molecule has 0 aliphatic carbocycles. The summed E-state index contributed by atoms with van der Waals surface area (Å²) < 4.78 is 10.7. The zero-order valence-electron chi connectivity index (χ0n) is 22.6. The summed E-state index contributed by atoms with van der Waals surface area (Å²) in [6, 6.07) is 10.9. The van der Waals surface area contributed by atoms with Gasteiger partial charge in [-0.15, -0.1) is 0 Å². The maximum atomic E-state index is 13.5. The van der Waals surface area contributed by atoms with Crippen LogP contribution in [-0.2, 0) is 19.1 Å². The molecule has 7 nitrogen and oxygen atoms in total. The smallest absolute Gasteiger partial charge is 0.308 e. The molecular weight excluding hydrogens is 468 g/mol. The molecule has 1 aliphatic rings. The number of nitrogens with one attached hydrogen (secondary N) is 1. The van der Waals surface area contributed by atoms with Gasteiger partial charge in [0.2, 0.25) is 11.8 Å². The van der Waals surface area contributed by atoms with Gasteiger partial charge in [0.05, 0.1) is 26.1 Å². The van der Waals surface area contributed by atoms with Gasteiger partial charge in [-0.05, 0) is 41.8 Å². The molecule has 202 valence electrons. The summed E-state index contributed by atoms with van der Waals surface area (Å²) in [5.41, 5.74) is 0.865. The Labute approximate surface area is 220 Å². The number of amides is 2. The quantitative estimate of drug-likeness (QED) is 0.273. The number of hydrogen-bond donors (Lipinski definition) is 1. The number of benzene rings is 2. The summed E-state index contributed by atoms with van der Waals surface area (Å²) in [6.07, 6.45) is 9.19. The molecule has 1 N–H and O–H groups in total. The summed E-state index contributed by atoms with van der Waals surface area (Å²) in [5, 5.41) is 4.82. The van der Waals surface area contributed by atoms with E-state index >= 15 is 0 Å². The van der Waals surface area contributed by atoms with Gasteiger partial charge in [-0.3, -0.25) is 14.4 Å². The lowest BCUT2D eigenvalue weighted by molar-refractivity contribution is -0.152. The van der Waals surface area contributed by atoms with Crippen molar-refractivity contribution in [3.8, 4) is 5.75 Å². The Kier molecular flexibility index (Phi) is 11.2. The van der Waals surface area contributed by atoms with Gasteiger partial charge in [-0.25, -0.2) is 0 Å². The minimum absolute atomic E-state index is 0.126. The fourth-order valence-electron chi connectivity index (χ4n) is 4.85. The number of esters is 1. The number of rotatable bonds is 14. The number of fused-ring (bicyclic) bond motifs is 1. The normalized spacial score (nSPS) is 16.4. The second kappa shape index (κ2) is 14.6. The molecule has 2 atom stereocenters. The molecule has 1 fully saturated rings. The van der Waals surface area contributed by atoms with Crippen LogP contribution in [0.15, 0.2) is 36.4 Å². The summed E-state index contributed by atoms with van der Waals surface area (Å²) in [7, 11) is 1.63. The average molecular weight is 511 g/mol. The van der Waals surface area contributed by atoms with Crippen LogP contribution in [0, 0.1) is 0 Å². The SMILES string of the molecule is CCCCCCCCCCOC(=O)CC1C(=O)NCCN1C(=O)[C@@H](C)c1ccc2cc(OC)ccc2c1.